The zero-order chi connectivity index (χ0) is 25.3. The topological polar surface area (TPSA) is 109 Å². The standard InChI is InChI=1S/C26H39NO6S/c1-15-8-7-9-26(6)23(33-26)12-20(16(2)10-18-14-34-17(3)27-18)32-24(31)13-22(30)25(4,5)21(29)11-19(15)28/h10,14-15,19-20,22-23,28,30H,7-9,11-13H2,1-6H3/b16-10+/t15-,19+,20?,22-,23-,26+/m0/s1. The number of thiazole rings is 1. The van der Waals surface area contributed by atoms with Crippen LogP contribution in [-0.2, 0) is 19.1 Å². The number of aryl methyl sites for hydroxylation is 1. The Morgan fingerprint density at radius 3 is 2.59 bits per heavy atom. The van der Waals surface area contributed by atoms with E-state index in [0.29, 0.717) is 6.42 Å². The minimum atomic E-state index is -1.21. The zero-order valence-electron chi connectivity index (χ0n) is 21.2. The number of nitrogens with zero attached hydrogens (tertiary/aromatic N) is 1. The number of hydrogen-bond acceptors (Lipinski definition) is 8. The number of ether oxygens (including phenoxy) is 2. The lowest BCUT2D eigenvalue weighted by molar-refractivity contribution is -0.153. The molecule has 6 atom stereocenters. The van der Waals surface area contributed by atoms with Crippen molar-refractivity contribution in [3.8, 4) is 0 Å². The molecule has 0 radical (unpaired) electrons. The first kappa shape index (κ1) is 27.0. The molecular weight excluding hydrogens is 454 g/mol. The minimum absolute atomic E-state index is 0.0399. The van der Waals surface area contributed by atoms with Crippen LogP contribution in [0.3, 0.4) is 0 Å². The number of cyclic esters (lactones) is 1. The maximum Gasteiger partial charge on any atom is 0.309 e. The van der Waals surface area contributed by atoms with Crippen molar-refractivity contribution in [1.29, 1.82) is 0 Å². The van der Waals surface area contributed by atoms with Gasteiger partial charge in [0, 0.05) is 23.6 Å². The molecule has 2 aliphatic heterocycles. The Balaban J connectivity index is 1.83. The van der Waals surface area contributed by atoms with E-state index in [-0.39, 0.29) is 36.2 Å². The van der Waals surface area contributed by atoms with Crippen molar-refractivity contribution in [3.63, 3.8) is 0 Å². The minimum Gasteiger partial charge on any atom is -0.458 e. The first-order valence-electron chi connectivity index (χ1n) is 12.2. The Labute approximate surface area is 206 Å². The highest BCUT2D eigenvalue weighted by Gasteiger charge is 2.52. The maximum atomic E-state index is 12.9. The van der Waals surface area contributed by atoms with E-state index < -0.39 is 29.7 Å². The predicted octanol–water partition coefficient (Wildman–Crippen LogP) is 4.23. The molecule has 0 amide bonds. The second-order valence-electron chi connectivity index (χ2n) is 10.8. The Kier molecular flexibility index (Phi) is 8.38. The number of rotatable bonds is 2. The smallest absolute Gasteiger partial charge is 0.309 e. The second kappa shape index (κ2) is 10.6. The van der Waals surface area contributed by atoms with Crippen LogP contribution in [-0.4, -0.2) is 57.0 Å². The summed E-state index contributed by atoms with van der Waals surface area (Å²) in [5.41, 5.74) is 0.218. The molecule has 34 heavy (non-hydrogen) atoms. The predicted molar refractivity (Wildman–Crippen MR) is 131 cm³/mol. The van der Waals surface area contributed by atoms with Gasteiger partial charge in [-0.2, -0.15) is 0 Å². The number of carbonyl (C=O) groups is 2. The van der Waals surface area contributed by atoms with Gasteiger partial charge in [-0.25, -0.2) is 4.98 Å². The molecule has 0 aromatic carbocycles. The third-order valence-corrected chi connectivity index (χ3v) is 8.34. The highest BCUT2D eigenvalue weighted by Crippen LogP contribution is 2.45. The molecule has 2 saturated heterocycles. The number of aromatic nitrogens is 1. The number of fused-ring (bicyclic) bond motifs is 1. The molecule has 2 aliphatic rings. The molecule has 1 aromatic rings. The molecule has 2 fully saturated rings. The van der Waals surface area contributed by atoms with Gasteiger partial charge in [0.2, 0.25) is 0 Å². The number of Topliss-reactive ketones (excluding diaryl/α,β-unsaturated/α-hetero) is 1. The molecule has 0 bridgehead atoms. The molecule has 3 heterocycles. The summed E-state index contributed by atoms with van der Waals surface area (Å²) < 4.78 is 11.9. The lowest BCUT2D eigenvalue weighted by atomic mass is 9.77. The number of esters is 1. The zero-order valence-corrected chi connectivity index (χ0v) is 22.0. The molecule has 0 saturated carbocycles. The average Bonchev–Trinajstić information content (AvgIpc) is 3.18. The van der Waals surface area contributed by atoms with Gasteiger partial charge in [-0.3, -0.25) is 9.59 Å². The first-order chi connectivity index (χ1) is 15.8. The number of epoxide rings is 1. The SMILES string of the molecule is C/C(=C\c1csc(C)n1)C1C[C@@H]2O[C@]2(C)CCC[C@H](C)[C@H](O)CC(=O)C(C)(C)[C@@H](O)CC(=O)O1. The summed E-state index contributed by atoms with van der Waals surface area (Å²) in [7, 11) is 0. The molecule has 0 spiro atoms. The van der Waals surface area contributed by atoms with E-state index in [1.807, 2.05) is 32.2 Å². The third-order valence-electron chi connectivity index (χ3n) is 7.55. The van der Waals surface area contributed by atoms with E-state index in [1.54, 1.807) is 25.2 Å². The maximum absolute atomic E-state index is 12.9. The highest BCUT2D eigenvalue weighted by atomic mass is 32.1. The fourth-order valence-corrected chi connectivity index (χ4v) is 5.10. The van der Waals surface area contributed by atoms with E-state index in [1.165, 1.54) is 0 Å². The number of aliphatic hydroxyl groups is 2. The van der Waals surface area contributed by atoms with Crippen LogP contribution < -0.4 is 0 Å². The summed E-state index contributed by atoms with van der Waals surface area (Å²) in [6, 6.07) is 0. The van der Waals surface area contributed by atoms with Gasteiger partial charge < -0.3 is 19.7 Å². The Morgan fingerprint density at radius 1 is 1.24 bits per heavy atom. The van der Waals surface area contributed by atoms with Crippen molar-refractivity contribution in [2.75, 3.05) is 0 Å². The van der Waals surface area contributed by atoms with Crippen LogP contribution in [0, 0.1) is 18.3 Å². The Morgan fingerprint density at radius 2 is 1.94 bits per heavy atom. The van der Waals surface area contributed by atoms with Crippen molar-refractivity contribution >= 4 is 29.2 Å². The first-order valence-corrected chi connectivity index (χ1v) is 13.1. The Bertz CT molecular complexity index is 924. The van der Waals surface area contributed by atoms with Crippen molar-refractivity contribution in [2.45, 2.75) is 110 Å². The Hall–Kier alpha value is -1.61. The molecule has 2 N–H and O–H groups in total. The largest absolute Gasteiger partial charge is 0.458 e. The lowest BCUT2D eigenvalue weighted by Crippen LogP contribution is -2.41. The summed E-state index contributed by atoms with van der Waals surface area (Å²) in [5.74, 6) is -0.873. The van der Waals surface area contributed by atoms with Crippen molar-refractivity contribution in [1.82, 2.24) is 4.98 Å². The monoisotopic (exact) mass is 493 g/mol. The summed E-state index contributed by atoms with van der Waals surface area (Å²) in [6.07, 6.45) is 2.03. The van der Waals surface area contributed by atoms with Crippen LogP contribution in [0.1, 0.15) is 83.8 Å². The van der Waals surface area contributed by atoms with Gasteiger partial charge in [-0.15, -0.1) is 11.3 Å². The number of aliphatic hydroxyl groups excluding tert-OH is 2. The van der Waals surface area contributed by atoms with E-state index in [0.717, 1.165) is 35.5 Å². The third kappa shape index (κ3) is 6.53. The molecular formula is C26H39NO6S. The van der Waals surface area contributed by atoms with Crippen LogP contribution in [0.4, 0.5) is 0 Å². The molecule has 0 aliphatic carbocycles. The molecule has 3 rings (SSSR count). The van der Waals surface area contributed by atoms with Crippen molar-refractivity contribution in [2.24, 2.45) is 11.3 Å². The van der Waals surface area contributed by atoms with Crippen LogP contribution in [0.15, 0.2) is 11.0 Å². The molecule has 190 valence electrons. The van der Waals surface area contributed by atoms with E-state index in [2.05, 4.69) is 11.9 Å². The van der Waals surface area contributed by atoms with Crippen LogP contribution in [0.25, 0.3) is 6.08 Å². The van der Waals surface area contributed by atoms with Crippen molar-refractivity contribution in [3.05, 3.63) is 21.7 Å². The lowest BCUT2D eigenvalue weighted by Gasteiger charge is -2.31. The van der Waals surface area contributed by atoms with Gasteiger partial charge in [0.25, 0.3) is 0 Å². The number of ketones is 1. The quantitative estimate of drug-likeness (QED) is 0.469. The normalized spacial score (nSPS) is 36.0. The van der Waals surface area contributed by atoms with E-state index in [4.69, 9.17) is 9.47 Å². The van der Waals surface area contributed by atoms with Crippen LogP contribution in [0.2, 0.25) is 0 Å². The molecule has 7 nitrogen and oxygen atoms in total. The average molecular weight is 494 g/mol. The van der Waals surface area contributed by atoms with Crippen LogP contribution in [0.5, 0.6) is 0 Å². The summed E-state index contributed by atoms with van der Waals surface area (Å²) in [4.78, 5) is 30.2. The molecule has 1 aromatic heterocycles. The second-order valence-corrected chi connectivity index (χ2v) is 11.9. The van der Waals surface area contributed by atoms with Gasteiger partial charge >= 0.3 is 5.97 Å². The van der Waals surface area contributed by atoms with Gasteiger partial charge in [0.05, 0.1) is 41.0 Å². The fraction of sp³-hybridized carbons (Fsp3) is 0.731. The molecule has 8 heteroatoms. The van der Waals surface area contributed by atoms with Gasteiger partial charge in [0.1, 0.15) is 11.9 Å². The highest BCUT2D eigenvalue weighted by molar-refractivity contribution is 7.09. The number of carbonyl (C=O) groups excluding carboxylic acids is 2. The summed E-state index contributed by atoms with van der Waals surface area (Å²) >= 11 is 1.56. The van der Waals surface area contributed by atoms with Crippen LogP contribution >= 0.6 is 11.3 Å². The summed E-state index contributed by atoms with van der Waals surface area (Å²) in [5, 5.41) is 24.2. The number of hydrogen-bond donors (Lipinski definition) is 2. The van der Waals surface area contributed by atoms with E-state index >= 15 is 0 Å². The van der Waals surface area contributed by atoms with Crippen molar-refractivity contribution < 1.29 is 29.3 Å². The molecule has 1 unspecified atom stereocenters. The van der Waals surface area contributed by atoms with Gasteiger partial charge in [0.15, 0.2) is 0 Å². The van der Waals surface area contributed by atoms with Gasteiger partial charge in [-0.05, 0) is 51.2 Å². The van der Waals surface area contributed by atoms with E-state index in [9.17, 15) is 19.8 Å². The summed E-state index contributed by atoms with van der Waals surface area (Å²) in [6.45, 7) is 11.1. The van der Waals surface area contributed by atoms with Gasteiger partial charge in [-0.1, -0.05) is 27.2 Å². The fourth-order valence-electron chi connectivity index (χ4n) is 4.53.